The third-order valence-electron chi connectivity index (χ3n) is 2.47. The molecule has 0 saturated carbocycles. The van der Waals surface area contributed by atoms with Crippen molar-refractivity contribution in [1.82, 2.24) is 0 Å². The van der Waals surface area contributed by atoms with Gasteiger partial charge < -0.3 is 4.74 Å². The van der Waals surface area contributed by atoms with Gasteiger partial charge in [0.1, 0.15) is 18.2 Å². The Morgan fingerprint density at radius 2 is 1.89 bits per heavy atom. The van der Waals surface area contributed by atoms with Crippen LogP contribution >= 0.6 is 11.6 Å². The van der Waals surface area contributed by atoms with Gasteiger partial charge in [0.2, 0.25) is 0 Å². The van der Waals surface area contributed by atoms with E-state index in [1.807, 2.05) is 30.3 Å². The summed E-state index contributed by atoms with van der Waals surface area (Å²) in [5.41, 5.74) is 1.65. The molecule has 2 rings (SSSR count). The standard InChI is InChI=1S/C16H12ClFO/c17-10-4-7-14-8-9-15(18)11-16(14)19-12-13-5-2-1-3-6-13/h1-3,5-6,8-9,11H,10,12H2. The third-order valence-corrected chi connectivity index (χ3v) is 2.60. The Bertz CT molecular complexity index is 599. The van der Waals surface area contributed by atoms with Crippen LogP contribution in [0.4, 0.5) is 4.39 Å². The smallest absolute Gasteiger partial charge is 0.138 e. The molecule has 0 radical (unpaired) electrons. The minimum Gasteiger partial charge on any atom is -0.487 e. The van der Waals surface area contributed by atoms with E-state index in [-0.39, 0.29) is 11.7 Å². The first-order valence-corrected chi connectivity index (χ1v) is 6.34. The van der Waals surface area contributed by atoms with Crippen molar-refractivity contribution in [2.24, 2.45) is 0 Å². The maximum atomic E-state index is 13.2. The van der Waals surface area contributed by atoms with E-state index in [4.69, 9.17) is 16.3 Å². The van der Waals surface area contributed by atoms with Gasteiger partial charge in [-0.1, -0.05) is 42.2 Å². The second-order valence-electron chi connectivity index (χ2n) is 3.85. The quantitative estimate of drug-likeness (QED) is 0.607. The molecule has 0 aliphatic rings. The van der Waals surface area contributed by atoms with E-state index in [1.165, 1.54) is 12.1 Å². The normalized spacial score (nSPS) is 9.58. The largest absolute Gasteiger partial charge is 0.487 e. The van der Waals surface area contributed by atoms with Crippen molar-refractivity contribution in [2.75, 3.05) is 5.88 Å². The number of rotatable bonds is 3. The highest BCUT2D eigenvalue weighted by atomic mass is 35.5. The molecule has 0 aliphatic carbocycles. The van der Waals surface area contributed by atoms with E-state index in [0.29, 0.717) is 17.9 Å². The molecule has 19 heavy (non-hydrogen) atoms. The zero-order valence-corrected chi connectivity index (χ0v) is 11.0. The van der Waals surface area contributed by atoms with Crippen molar-refractivity contribution in [2.45, 2.75) is 6.61 Å². The maximum absolute atomic E-state index is 13.2. The number of benzene rings is 2. The molecule has 0 amide bonds. The average molecular weight is 275 g/mol. The molecule has 0 atom stereocenters. The van der Waals surface area contributed by atoms with Crippen LogP contribution in [-0.2, 0) is 6.61 Å². The summed E-state index contributed by atoms with van der Waals surface area (Å²) in [5, 5.41) is 0. The summed E-state index contributed by atoms with van der Waals surface area (Å²) in [6, 6.07) is 14.0. The molecular formula is C16H12ClFO. The summed E-state index contributed by atoms with van der Waals surface area (Å²) in [4.78, 5) is 0. The lowest BCUT2D eigenvalue weighted by molar-refractivity contribution is 0.304. The predicted octanol–water partition coefficient (Wildman–Crippen LogP) is 4.00. The molecule has 3 heteroatoms. The van der Waals surface area contributed by atoms with Gasteiger partial charge in [-0.2, -0.15) is 0 Å². The monoisotopic (exact) mass is 274 g/mol. The second kappa shape index (κ2) is 6.82. The van der Waals surface area contributed by atoms with Crippen LogP contribution in [0, 0.1) is 17.7 Å². The van der Waals surface area contributed by atoms with Gasteiger partial charge >= 0.3 is 0 Å². The predicted molar refractivity (Wildman–Crippen MR) is 74.8 cm³/mol. The second-order valence-corrected chi connectivity index (χ2v) is 4.12. The Morgan fingerprint density at radius 3 is 2.63 bits per heavy atom. The molecule has 0 spiro atoms. The topological polar surface area (TPSA) is 9.23 Å². The van der Waals surface area contributed by atoms with Crippen LogP contribution in [0.5, 0.6) is 5.75 Å². The number of hydrogen-bond donors (Lipinski definition) is 0. The van der Waals surface area contributed by atoms with Gasteiger partial charge in [-0.25, -0.2) is 4.39 Å². The van der Waals surface area contributed by atoms with E-state index in [9.17, 15) is 4.39 Å². The van der Waals surface area contributed by atoms with Crippen LogP contribution in [0.1, 0.15) is 11.1 Å². The zero-order valence-electron chi connectivity index (χ0n) is 10.2. The van der Waals surface area contributed by atoms with E-state index in [1.54, 1.807) is 6.07 Å². The molecule has 0 saturated heterocycles. The van der Waals surface area contributed by atoms with E-state index < -0.39 is 0 Å². The van der Waals surface area contributed by atoms with Gasteiger partial charge in [0.25, 0.3) is 0 Å². The van der Waals surface area contributed by atoms with Gasteiger partial charge in [0.05, 0.1) is 11.4 Å². The molecule has 1 nitrogen and oxygen atoms in total. The summed E-state index contributed by atoms with van der Waals surface area (Å²) in [6.45, 7) is 0.375. The third kappa shape index (κ3) is 4.01. The van der Waals surface area contributed by atoms with E-state index >= 15 is 0 Å². The van der Waals surface area contributed by atoms with E-state index in [2.05, 4.69) is 11.8 Å². The Kier molecular flexibility index (Phi) is 4.83. The van der Waals surface area contributed by atoms with Crippen molar-refractivity contribution in [3.63, 3.8) is 0 Å². The van der Waals surface area contributed by atoms with Crippen LogP contribution in [0.25, 0.3) is 0 Å². The maximum Gasteiger partial charge on any atom is 0.138 e. The fourth-order valence-electron chi connectivity index (χ4n) is 1.58. The Balaban J connectivity index is 2.16. The molecule has 0 heterocycles. The molecular weight excluding hydrogens is 263 g/mol. The summed E-state index contributed by atoms with van der Waals surface area (Å²) in [5.74, 6) is 5.90. The molecule has 0 N–H and O–H groups in total. The van der Waals surface area contributed by atoms with Gasteiger partial charge in [-0.3, -0.25) is 0 Å². The molecule has 0 bridgehead atoms. The van der Waals surface area contributed by atoms with Crippen molar-refractivity contribution in [3.8, 4) is 17.6 Å². The Labute approximate surface area is 117 Å². The van der Waals surface area contributed by atoms with Crippen LogP contribution in [0.15, 0.2) is 48.5 Å². The van der Waals surface area contributed by atoms with Gasteiger partial charge in [0, 0.05) is 6.07 Å². The lowest BCUT2D eigenvalue weighted by Crippen LogP contribution is -1.97. The summed E-state index contributed by atoms with van der Waals surface area (Å²) < 4.78 is 18.9. The number of halogens is 2. The lowest BCUT2D eigenvalue weighted by Gasteiger charge is -2.08. The highest BCUT2D eigenvalue weighted by Crippen LogP contribution is 2.20. The van der Waals surface area contributed by atoms with Crippen molar-refractivity contribution in [3.05, 3.63) is 65.5 Å². The SMILES string of the molecule is Fc1ccc(C#CCCl)c(OCc2ccccc2)c1. The highest BCUT2D eigenvalue weighted by Gasteiger charge is 2.04. The fraction of sp³-hybridized carbons (Fsp3) is 0.125. The first-order valence-electron chi connectivity index (χ1n) is 5.80. The zero-order chi connectivity index (χ0) is 13.5. The first-order chi connectivity index (χ1) is 9.29. The van der Waals surface area contributed by atoms with Crippen LogP contribution in [-0.4, -0.2) is 5.88 Å². The molecule has 0 unspecified atom stereocenters. The van der Waals surface area contributed by atoms with Crippen LogP contribution in [0.3, 0.4) is 0 Å². The molecule has 96 valence electrons. The Morgan fingerprint density at radius 1 is 1.11 bits per heavy atom. The molecule has 0 aromatic heterocycles. The van der Waals surface area contributed by atoms with E-state index in [0.717, 1.165) is 5.56 Å². The average Bonchev–Trinajstić information content (AvgIpc) is 2.45. The van der Waals surface area contributed by atoms with Gasteiger partial charge in [0.15, 0.2) is 0 Å². The summed E-state index contributed by atoms with van der Waals surface area (Å²) in [6.07, 6.45) is 0. The molecule has 0 aliphatic heterocycles. The van der Waals surface area contributed by atoms with Crippen LogP contribution < -0.4 is 4.74 Å². The highest BCUT2D eigenvalue weighted by molar-refractivity contribution is 6.19. The summed E-state index contributed by atoms with van der Waals surface area (Å²) >= 11 is 5.52. The fourth-order valence-corrected chi connectivity index (χ4v) is 1.65. The minimum atomic E-state index is -0.348. The number of ether oxygens (including phenoxy) is 1. The number of alkyl halides is 1. The van der Waals surface area contributed by atoms with Crippen molar-refractivity contribution < 1.29 is 9.13 Å². The van der Waals surface area contributed by atoms with Gasteiger partial charge in [-0.05, 0) is 17.7 Å². The lowest BCUT2D eigenvalue weighted by atomic mass is 10.2. The minimum absolute atomic E-state index is 0.232. The van der Waals surface area contributed by atoms with Crippen molar-refractivity contribution in [1.29, 1.82) is 0 Å². The number of hydrogen-bond acceptors (Lipinski definition) is 1. The summed E-state index contributed by atoms with van der Waals surface area (Å²) in [7, 11) is 0. The first kappa shape index (κ1) is 13.5. The molecule has 2 aromatic carbocycles. The Hall–Kier alpha value is -1.98. The van der Waals surface area contributed by atoms with Crippen LogP contribution in [0.2, 0.25) is 0 Å². The molecule has 0 fully saturated rings. The van der Waals surface area contributed by atoms with Gasteiger partial charge in [-0.15, -0.1) is 11.6 Å². The van der Waals surface area contributed by atoms with Crippen molar-refractivity contribution >= 4 is 11.6 Å². The molecule has 2 aromatic rings.